The molecule has 1 rings (SSSR count). The molecular formula is C10H13F3N4O. The van der Waals surface area contributed by atoms with Crippen LogP contribution in [-0.4, -0.2) is 35.1 Å². The van der Waals surface area contributed by atoms with Gasteiger partial charge in [0, 0.05) is 13.1 Å². The number of nitrogens with zero attached hydrogens (tertiary/aromatic N) is 2. The second-order valence-corrected chi connectivity index (χ2v) is 3.73. The number of carbonyl (C=O) groups is 1. The number of hydrogen-bond acceptors (Lipinski definition) is 4. The van der Waals surface area contributed by atoms with Crippen LogP contribution in [0.25, 0.3) is 0 Å². The molecule has 0 radical (unpaired) electrons. The van der Waals surface area contributed by atoms with Crippen LogP contribution in [0.1, 0.15) is 23.8 Å². The van der Waals surface area contributed by atoms with E-state index in [4.69, 9.17) is 0 Å². The van der Waals surface area contributed by atoms with Crippen molar-refractivity contribution >= 4 is 11.7 Å². The van der Waals surface area contributed by atoms with Gasteiger partial charge in [-0.2, -0.15) is 13.2 Å². The Morgan fingerprint density at radius 1 is 1.39 bits per heavy atom. The van der Waals surface area contributed by atoms with E-state index in [0.717, 1.165) is 0 Å². The van der Waals surface area contributed by atoms with Gasteiger partial charge in [-0.05, 0) is 6.92 Å². The van der Waals surface area contributed by atoms with Gasteiger partial charge in [-0.15, -0.1) is 0 Å². The zero-order valence-corrected chi connectivity index (χ0v) is 9.88. The standard InChI is InChI=1S/C10H13F3N4O/c1-6(3-10(11,12)13)17-9(18)7-4-16-8(14-2)5-15-7/h4-6H,3H2,1-2H3,(H,14,16)(H,17,18). The van der Waals surface area contributed by atoms with E-state index in [0.29, 0.717) is 5.82 Å². The average molecular weight is 262 g/mol. The number of anilines is 1. The summed E-state index contributed by atoms with van der Waals surface area (Å²) in [5.74, 6) is -0.211. The minimum atomic E-state index is -4.31. The second kappa shape index (κ2) is 5.65. The van der Waals surface area contributed by atoms with Gasteiger partial charge in [-0.3, -0.25) is 4.79 Å². The van der Waals surface area contributed by atoms with Crippen molar-refractivity contribution in [3.63, 3.8) is 0 Å². The Morgan fingerprint density at radius 3 is 2.50 bits per heavy atom. The Balaban J connectivity index is 2.59. The molecule has 1 unspecified atom stereocenters. The molecule has 1 amide bonds. The van der Waals surface area contributed by atoms with Gasteiger partial charge in [-0.1, -0.05) is 0 Å². The van der Waals surface area contributed by atoms with Gasteiger partial charge in [-0.25, -0.2) is 9.97 Å². The zero-order chi connectivity index (χ0) is 13.8. The Labute approximate surface area is 102 Å². The number of aromatic nitrogens is 2. The van der Waals surface area contributed by atoms with Crippen molar-refractivity contribution in [2.45, 2.75) is 25.6 Å². The molecule has 1 atom stereocenters. The first-order chi connectivity index (χ1) is 8.31. The predicted octanol–water partition coefficient (Wildman–Crippen LogP) is 1.59. The number of rotatable bonds is 4. The third kappa shape index (κ3) is 4.56. The molecule has 0 bridgehead atoms. The number of halogens is 3. The van der Waals surface area contributed by atoms with Gasteiger partial charge >= 0.3 is 6.18 Å². The van der Waals surface area contributed by atoms with E-state index in [1.165, 1.54) is 19.3 Å². The number of alkyl halides is 3. The van der Waals surface area contributed by atoms with Crippen LogP contribution in [0.15, 0.2) is 12.4 Å². The molecule has 0 saturated carbocycles. The molecule has 0 aliphatic heterocycles. The number of carbonyl (C=O) groups excluding carboxylic acids is 1. The second-order valence-electron chi connectivity index (χ2n) is 3.73. The van der Waals surface area contributed by atoms with Gasteiger partial charge < -0.3 is 10.6 Å². The summed E-state index contributed by atoms with van der Waals surface area (Å²) in [5, 5.41) is 4.92. The van der Waals surface area contributed by atoms with Gasteiger partial charge in [0.25, 0.3) is 5.91 Å². The van der Waals surface area contributed by atoms with Gasteiger partial charge in [0.15, 0.2) is 0 Å². The minimum absolute atomic E-state index is 0.0250. The molecule has 5 nitrogen and oxygen atoms in total. The highest BCUT2D eigenvalue weighted by Gasteiger charge is 2.30. The van der Waals surface area contributed by atoms with Crippen LogP contribution in [0.5, 0.6) is 0 Å². The van der Waals surface area contributed by atoms with Crippen LogP contribution in [0.3, 0.4) is 0 Å². The van der Waals surface area contributed by atoms with Crippen LogP contribution in [-0.2, 0) is 0 Å². The molecule has 0 aliphatic carbocycles. The Hall–Kier alpha value is -1.86. The molecule has 0 spiro atoms. The maximum absolute atomic E-state index is 12.1. The largest absolute Gasteiger partial charge is 0.391 e. The Kier molecular flexibility index (Phi) is 4.46. The predicted molar refractivity (Wildman–Crippen MR) is 59.2 cm³/mol. The first-order valence-corrected chi connectivity index (χ1v) is 5.19. The van der Waals surface area contributed by atoms with E-state index in [1.54, 1.807) is 7.05 Å². The maximum Gasteiger partial charge on any atom is 0.391 e. The van der Waals surface area contributed by atoms with Gasteiger partial charge in [0.1, 0.15) is 11.5 Å². The molecule has 1 aromatic rings. The van der Waals surface area contributed by atoms with Crippen molar-refractivity contribution in [3.8, 4) is 0 Å². The van der Waals surface area contributed by atoms with Crippen LogP contribution in [0.4, 0.5) is 19.0 Å². The normalized spacial score (nSPS) is 12.9. The number of hydrogen-bond donors (Lipinski definition) is 2. The summed E-state index contributed by atoms with van der Waals surface area (Å²) >= 11 is 0. The molecule has 0 fully saturated rings. The lowest BCUT2D eigenvalue weighted by Gasteiger charge is -2.15. The maximum atomic E-state index is 12.1. The molecule has 100 valence electrons. The minimum Gasteiger partial charge on any atom is -0.372 e. The highest BCUT2D eigenvalue weighted by Crippen LogP contribution is 2.21. The average Bonchev–Trinajstić information content (AvgIpc) is 2.26. The van der Waals surface area contributed by atoms with Crippen molar-refractivity contribution in [2.24, 2.45) is 0 Å². The zero-order valence-electron chi connectivity index (χ0n) is 9.88. The molecule has 0 aromatic carbocycles. The van der Waals surface area contributed by atoms with Crippen LogP contribution in [0.2, 0.25) is 0 Å². The summed E-state index contributed by atoms with van der Waals surface area (Å²) in [6, 6.07) is -1.01. The molecular weight excluding hydrogens is 249 g/mol. The van der Waals surface area contributed by atoms with Crippen molar-refractivity contribution in [2.75, 3.05) is 12.4 Å². The first-order valence-electron chi connectivity index (χ1n) is 5.19. The SMILES string of the molecule is CNc1cnc(C(=O)NC(C)CC(F)(F)F)cn1. The third-order valence-corrected chi connectivity index (χ3v) is 2.06. The molecule has 1 heterocycles. The van der Waals surface area contributed by atoms with Crippen LogP contribution >= 0.6 is 0 Å². The monoisotopic (exact) mass is 262 g/mol. The highest BCUT2D eigenvalue weighted by molar-refractivity contribution is 5.92. The fourth-order valence-electron chi connectivity index (χ4n) is 1.27. The van der Waals surface area contributed by atoms with Crippen LogP contribution in [0, 0.1) is 0 Å². The van der Waals surface area contributed by atoms with E-state index >= 15 is 0 Å². The van der Waals surface area contributed by atoms with Crippen molar-refractivity contribution in [1.29, 1.82) is 0 Å². The van der Waals surface area contributed by atoms with E-state index in [1.807, 2.05) is 0 Å². The summed E-state index contributed by atoms with van der Waals surface area (Å²) in [7, 11) is 1.63. The summed E-state index contributed by atoms with van der Waals surface area (Å²) < 4.78 is 36.2. The molecule has 18 heavy (non-hydrogen) atoms. The molecule has 0 saturated heterocycles. The highest BCUT2D eigenvalue weighted by atomic mass is 19.4. The molecule has 2 N–H and O–H groups in total. The third-order valence-electron chi connectivity index (χ3n) is 2.06. The first kappa shape index (κ1) is 14.2. The smallest absolute Gasteiger partial charge is 0.372 e. The molecule has 1 aromatic heterocycles. The summed E-state index contributed by atoms with van der Waals surface area (Å²) in [6.07, 6.45) is -2.88. The fourth-order valence-corrected chi connectivity index (χ4v) is 1.27. The van der Waals surface area contributed by atoms with Crippen LogP contribution < -0.4 is 10.6 Å². The van der Waals surface area contributed by atoms with Gasteiger partial charge in [0.05, 0.1) is 18.8 Å². The lowest BCUT2D eigenvalue weighted by atomic mass is 10.2. The number of nitrogens with one attached hydrogen (secondary N) is 2. The van der Waals surface area contributed by atoms with E-state index in [9.17, 15) is 18.0 Å². The lowest BCUT2D eigenvalue weighted by molar-refractivity contribution is -0.138. The van der Waals surface area contributed by atoms with E-state index in [-0.39, 0.29) is 5.69 Å². The van der Waals surface area contributed by atoms with Gasteiger partial charge in [0.2, 0.25) is 0 Å². The Morgan fingerprint density at radius 2 is 2.06 bits per heavy atom. The topological polar surface area (TPSA) is 66.9 Å². The van der Waals surface area contributed by atoms with Crippen molar-refractivity contribution < 1.29 is 18.0 Å². The van der Waals surface area contributed by atoms with E-state index < -0.39 is 24.5 Å². The fraction of sp³-hybridized carbons (Fsp3) is 0.500. The van der Waals surface area contributed by atoms with Crippen molar-refractivity contribution in [3.05, 3.63) is 18.1 Å². The van der Waals surface area contributed by atoms with E-state index in [2.05, 4.69) is 20.6 Å². The summed E-state index contributed by atoms with van der Waals surface area (Å²) in [4.78, 5) is 19.2. The number of amides is 1. The Bertz CT molecular complexity index is 405. The summed E-state index contributed by atoms with van der Waals surface area (Å²) in [5.41, 5.74) is -0.0250. The quantitative estimate of drug-likeness (QED) is 0.864. The molecule has 0 aliphatic rings. The lowest BCUT2D eigenvalue weighted by Crippen LogP contribution is -2.36. The summed E-state index contributed by atoms with van der Waals surface area (Å²) in [6.45, 7) is 1.28. The molecule has 8 heteroatoms. The van der Waals surface area contributed by atoms with Crippen molar-refractivity contribution in [1.82, 2.24) is 15.3 Å².